The number of rotatable bonds is 6. The number of halogens is 1. The van der Waals surface area contributed by atoms with Crippen molar-refractivity contribution in [1.82, 2.24) is 19.9 Å². The van der Waals surface area contributed by atoms with Crippen molar-refractivity contribution in [1.29, 1.82) is 0 Å². The first kappa shape index (κ1) is 15.6. The smallest absolute Gasteiger partial charge is 0.224 e. The Kier molecular flexibility index (Phi) is 4.67. The molecule has 6 heteroatoms. The molecule has 1 unspecified atom stereocenters. The molecule has 5 nitrogen and oxygen atoms in total. The second-order valence-electron chi connectivity index (χ2n) is 5.85. The molecule has 0 saturated heterocycles. The van der Waals surface area contributed by atoms with Gasteiger partial charge in [0.2, 0.25) is 5.91 Å². The predicted octanol–water partition coefficient (Wildman–Crippen LogP) is 3.01. The summed E-state index contributed by atoms with van der Waals surface area (Å²) in [5.41, 5.74) is 1.95. The average molecular weight is 331 g/mol. The number of aromatic amines is 1. The highest BCUT2D eigenvalue weighted by Crippen LogP contribution is 2.22. The van der Waals surface area contributed by atoms with Gasteiger partial charge in [-0.3, -0.25) is 4.79 Å². The van der Waals surface area contributed by atoms with Crippen LogP contribution in [0, 0.1) is 5.92 Å². The van der Waals surface area contributed by atoms with Crippen LogP contribution in [0.3, 0.4) is 0 Å². The number of hydrogen-bond acceptors (Lipinski definition) is 2. The van der Waals surface area contributed by atoms with Crippen LogP contribution in [0.15, 0.2) is 43.1 Å². The van der Waals surface area contributed by atoms with Gasteiger partial charge in [-0.05, 0) is 29.7 Å². The zero-order valence-corrected chi connectivity index (χ0v) is 13.7. The third-order valence-corrected chi connectivity index (χ3v) is 4.04. The van der Waals surface area contributed by atoms with Crippen molar-refractivity contribution in [2.75, 3.05) is 6.54 Å². The lowest BCUT2D eigenvalue weighted by molar-refractivity contribution is -0.120. The Morgan fingerprint density at radius 3 is 3.13 bits per heavy atom. The zero-order valence-electron chi connectivity index (χ0n) is 12.9. The maximum Gasteiger partial charge on any atom is 0.224 e. The van der Waals surface area contributed by atoms with Crippen LogP contribution in [-0.4, -0.2) is 27.0 Å². The number of H-pyrrole nitrogens is 1. The molecule has 0 saturated carbocycles. The second-order valence-corrected chi connectivity index (χ2v) is 6.29. The van der Waals surface area contributed by atoms with Crippen molar-refractivity contribution in [3.05, 3.63) is 53.7 Å². The van der Waals surface area contributed by atoms with Gasteiger partial charge in [-0.2, -0.15) is 0 Å². The molecule has 0 aliphatic carbocycles. The van der Waals surface area contributed by atoms with Gasteiger partial charge in [0, 0.05) is 47.6 Å². The highest BCUT2D eigenvalue weighted by atomic mass is 35.5. The lowest BCUT2D eigenvalue weighted by atomic mass is 10.1. The van der Waals surface area contributed by atoms with Gasteiger partial charge in [0.25, 0.3) is 0 Å². The molecule has 1 atom stereocenters. The molecule has 23 heavy (non-hydrogen) atoms. The molecule has 1 aromatic carbocycles. The minimum absolute atomic E-state index is 0.0170. The first-order valence-corrected chi connectivity index (χ1v) is 7.97. The highest BCUT2D eigenvalue weighted by Gasteiger charge is 2.11. The van der Waals surface area contributed by atoms with Gasteiger partial charge in [-0.1, -0.05) is 18.5 Å². The van der Waals surface area contributed by atoms with E-state index in [2.05, 4.69) is 22.2 Å². The predicted molar refractivity (Wildman–Crippen MR) is 91.4 cm³/mol. The normalized spacial score (nSPS) is 12.4. The van der Waals surface area contributed by atoms with Crippen LogP contribution in [0.1, 0.15) is 12.5 Å². The lowest BCUT2D eigenvalue weighted by Crippen LogP contribution is -2.30. The van der Waals surface area contributed by atoms with Crippen LogP contribution in [0.4, 0.5) is 0 Å². The summed E-state index contributed by atoms with van der Waals surface area (Å²) in [7, 11) is 0. The molecule has 3 aromatic rings. The Morgan fingerprint density at radius 1 is 1.48 bits per heavy atom. The first-order chi connectivity index (χ1) is 11.1. The largest absolute Gasteiger partial charge is 0.361 e. The van der Waals surface area contributed by atoms with Gasteiger partial charge in [-0.25, -0.2) is 4.98 Å². The number of amides is 1. The first-order valence-electron chi connectivity index (χ1n) is 7.60. The van der Waals surface area contributed by atoms with Crippen LogP contribution in [-0.2, 0) is 17.8 Å². The van der Waals surface area contributed by atoms with Crippen molar-refractivity contribution in [3.63, 3.8) is 0 Å². The summed E-state index contributed by atoms with van der Waals surface area (Å²) < 4.78 is 2.01. The summed E-state index contributed by atoms with van der Waals surface area (Å²) in [6.07, 6.45) is 7.68. The van der Waals surface area contributed by atoms with E-state index in [4.69, 9.17) is 11.6 Å². The van der Waals surface area contributed by atoms with E-state index in [1.807, 2.05) is 35.2 Å². The standard InChI is InChI=1S/C17H19ClN4O/c1-12(10-22-5-4-19-11-22)8-21-17(23)6-13-9-20-16-3-2-14(18)7-15(13)16/h2-5,7,9,11-12,20H,6,8,10H2,1H3,(H,21,23). The SMILES string of the molecule is CC(CNC(=O)Cc1c[nH]c2ccc(Cl)cc12)Cn1ccnc1. The third kappa shape index (κ3) is 3.93. The van der Waals surface area contributed by atoms with Crippen LogP contribution >= 0.6 is 11.6 Å². The fourth-order valence-corrected chi connectivity index (χ4v) is 2.81. The summed E-state index contributed by atoms with van der Waals surface area (Å²) in [4.78, 5) is 19.4. The fraction of sp³-hybridized carbons (Fsp3) is 0.294. The van der Waals surface area contributed by atoms with Crippen molar-refractivity contribution >= 4 is 28.4 Å². The molecular formula is C17H19ClN4O. The number of hydrogen-bond donors (Lipinski definition) is 2. The molecule has 2 N–H and O–H groups in total. The van der Waals surface area contributed by atoms with E-state index in [0.29, 0.717) is 23.9 Å². The fourth-order valence-electron chi connectivity index (χ4n) is 2.64. The molecule has 120 valence electrons. The Labute approximate surface area is 139 Å². The highest BCUT2D eigenvalue weighted by molar-refractivity contribution is 6.31. The van der Waals surface area contributed by atoms with E-state index in [9.17, 15) is 4.79 Å². The lowest BCUT2D eigenvalue weighted by Gasteiger charge is -2.13. The topological polar surface area (TPSA) is 62.7 Å². The van der Waals surface area contributed by atoms with Crippen molar-refractivity contribution in [3.8, 4) is 0 Å². The summed E-state index contributed by atoms with van der Waals surface area (Å²) in [5.74, 6) is 0.355. The van der Waals surface area contributed by atoms with Gasteiger partial charge in [0.1, 0.15) is 0 Å². The number of aromatic nitrogens is 3. The minimum Gasteiger partial charge on any atom is -0.361 e. The Hall–Kier alpha value is -2.27. The Balaban J connectivity index is 1.55. The average Bonchev–Trinajstić information content (AvgIpc) is 3.16. The second kappa shape index (κ2) is 6.87. The molecule has 1 amide bonds. The summed E-state index contributed by atoms with van der Waals surface area (Å²) in [5, 5.41) is 4.67. The van der Waals surface area contributed by atoms with Gasteiger partial charge in [0.05, 0.1) is 12.7 Å². The maximum atomic E-state index is 12.2. The molecule has 2 aromatic heterocycles. The van der Waals surface area contributed by atoms with Gasteiger partial charge in [0.15, 0.2) is 0 Å². The molecule has 0 spiro atoms. The molecule has 0 aliphatic rings. The minimum atomic E-state index is 0.0170. The number of carbonyl (C=O) groups excluding carboxylic acids is 1. The molecular weight excluding hydrogens is 312 g/mol. The van der Waals surface area contributed by atoms with Crippen LogP contribution in [0.2, 0.25) is 5.02 Å². The third-order valence-electron chi connectivity index (χ3n) is 3.81. The van der Waals surface area contributed by atoms with Crippen LogP contribution < -0.4 is 5.32 Å². The quantitative estimate of drug-likeness (QED) is 0.729. The summed E-state index contributed by atoms with van der Waals surface area (Å²) in [6, 6.07) is 5.64. The zero-order chi connectivity index (χ0) is 16.2. The number of imidazole rings is 1. The van der Waals surface area contributed by atoms with E-state index in [1.165, 1.54) is 0 Å². The number of fused-ring (bicyclic) bond motifs is 1. The Bertz CT molecular complexity index is 794. The van der Waals surface area contributed by atoms with Crippen LogP contribution in [0.5, 0.6) is 0 Å². The number of benzene rings is 1. The van der Waals surface area contributed by atoms with E-state index < -0.39 is 0 Å². The van der Waals surface area contributed by atoms with Crippen LogP contribution in [0.25, 0.3) is 10.9 Å². The number of nitrogens with one attached hydrogen (secondary N) is 2. The summed E-state index contributed by atoms with van der Waals surface area (Å²) in [6.45, 7) is 3.58. The molecule has 0 bridgehead atoms. The molecule has 3 rings (SSSR count). The van der Waals surface area contributed by atoms with Crippen molar-refractivity contribution in [2.45, 2.75) is 19.9 Å². The molecule has 0 fully saturated rings. The van der Waals surface area contributed by atoms with E-state index >= 15 is 0 Å². The van der Waals surface area contributed by atoms with Gasteiger partial charge < -0.3 is 14.9 Å². The van der Waals surface area contributed by atoms with E-state index in [1.54, 1.807) is 12.5 Å². The van der Waals surface area contributed by atoms with Gasteiger partial charge >= 0.3 is 0 Å². The van der Waals surface area contributed by atoms with E-state index in [0.717, 1.165) is 23.0 Å². The molecule has 0 radical (unpaired) electrons. The van der Waals surface area contributed by atoms with Crippen molar-refractivity contribution in [2.24, 2.45) is 5.92 Å². The monoisotopic (exact) mass is 330 g/mol. The number of carbonyl (C=O) groups is 1. The van der Waals surface area contributed by atoms with Gasteiger partial charge in [-0.15, -0.1) is 0 Å². The number of nitrogens with zero attached hydrogens (tertiary/aromatic N) is 2. The maximum absolute atomic E-state index is 12.2. The summed E-state index contributed by atoms with van der Waals surface area (Å²) >= 11 is 6.03. The molecule has 0 aliphatic heterocycles. The Morgan fingerprint density at radius 2 is 2.35 bits per heavy atom. The van der Waals surface area contributed by atoms with Crippen molar-refractivity contribution < 1.29 is 4.79 Å². The van der Waals surface area contributed by atoms with E-state index in [-0.39, 0.29) is 5.91 Å². The molecule has 2 heterocycles.